The molecule has 0 amide bonds. The lowest BCUT2D eigenvalue weighted by molar-refractivity contribution is 0.0353. The summed E-state index contributed by atoms with van der Waals surface area (Å²) in [4.78, 5) is 0. The Labute approximate surface area is 86.8 Å². The monoisotopic (exact) mass is 192 g/mol. The minimum atomic E-state index is 0.389. The van der Waals surface area contributed by atoms with E-state index in [9.17, 15) is 0 Å². The second-order valence-corrected chi connectivity index (χ2v) is 4.59. The predicted octanol–water partition coefficient (Wildman–Crippen LogP) is 3.32. The summed E-state index contributed by atoms with van der Waals surface area (Å²) < 4.78 is 5.84. The van der Waals surface area contributed by atoms with Gasteiger partial charge in [0.25, 0.3) is 0 Å². The molecule has 0 aromatic heterocycles. The van der Waals surface area contributed by atoms with E-state index in [1.54, 1.807) is 0 Å². The molecular formula is C13H20O. The number of hydrogen-bond donors (Lipinski definition) is 0. The topological polar surface area (TPSA) is 9.23 Å². The van der Waals surface area contributed by atoms with E-state index in [0.29, 0.717) is 12.0 Å². The lowest BCUT2D eigenvalue weighted by Crippen LogP contribution is -2.27. The van der Waals surface area contributed by atoms with E-state index >= 15 is 0 Å². The van der Waals surface area contributed by atoms with Crippen molar-refractivity contribution in [2.75, 3.05) is 6.61 Å². The van der Waals surface area contributed by atoms with E-state index in [1.165, 1.54) is 37.7 Å². The molecule has 1 aliphatic heterocycles. The summed E-state index contributed by atoms with van der Waals surface area (Å²) in [5.74, 6) is 1.17. The van der Waals surface area contributed by atoms with E-state index in [0.717, 1.165) is 12.5 Å². The van der Waals surface area contributed by atoms with Crippen molar-refractivity contribution in [2.45, 2.75) is 38.2 Å². The van der Waals surface area contributed by atoms with Crippen LogP contribution >= 0.6 is 0 Å². The molecule has 2 fully saturated rings. The van der Waals surface area contributed by atoms with E-state index in [1.807, 2.05) is 6.08 Å². The normalized spacial score (nSPS) is 34.7. The molecule has 1 aliphatic carbocycles. The molecule has 0 N–H and O–H groups in total. The van der Waals surface area contributed by atoms with Crippen LogP contribution in [0.15, 0.2) is 24.8 Å². The fourth-order valence-electron chi connectivity index (χ4n) is 2.83. The van der Waals surface area contributed by atoms with E-state index < -0.39 is 0 Å². The van der Waals surface area contributed by atoms with Gasteiger partial charge in [-0.1, -0.05) is 31.9 Å². The smallest absolute Gasteiger partial charge is 0.0708 e. The highest BCUT2D eigenvalue weighted by Crippen LogP contribution is 2.37. The van der Waals surface area contributed by atoms with Crippen LogP contribution in [0.1, 0.15) is 32.1 Å². The Balaban J connectivity index is 2.01. The molecule has 1 heteroatoms. The van der Waals surface area contributed by atoms with Crippen LogP contribution in [-0.2, 0) is 4.74 Å². The number of hydrogen-bond acceptors (Lipinski definition) is 1. The first-order chi connectivity index (χ1) is 6.83. The zero-order chi connectivity index (χ0) is 9.97. The molecule has 2 rings (SSSR count). The Bertz CT molecular complexity index is 225. The van der Waals surface area contributed by atoms with Crippen molar-refractivity contribution >= 4 is 0 Å². The Hall–Kier alpha value is -0.560. The van der Waals surface area contributed by atoms with Crippen molar-refractivity contribution in [3.63, 3.8) is 0 Å². The Morgan fingerprint density at radius 2 is 1.93 bits per heavy atom. The molecule has 1 heterocycles. The van der Waals surface area contributed by atoms with Crippen LogP contribution in [0.2, 0.25) is 0 Å². The summed E-state index contributed by atoms with van der Waals surface area (Å²) >= 11 is 0. The van der Waals surface area contributed by atoms with Gasteiger partial charge in [0.15, 0.2) is 0 Å². The molecule has 2 aliphatic rings. The molecule has 1 saturated carbocycles. The van der Waals surface area contributed by atoms with Gasteiger partial charge in [-0.3, -0.25) is 0 Å². The van der Waals surface area contributed by atoms with Gasteiger partial charge < -0.3 is 4.74 Å². The zero-order valence-electron chi connectivity index (χ0n) is 8.87. The highest BCUT2D eigenvalue weighted by Gasteiger charge is 2.35. The maximum Gasteiger partial charge on any atom is 0.0708 e. The first-order valence-electron chi connectivity index (χ1n) is 5.74. The molecule has 0 radical (unpaired) electrons. The Kier molecular flexibility index (Phi) is 3.07. The predicted molar refractivity (Wildman–Crippen MR) is 59.1 cm³/mol. The average molecular weight is 192 g/mol. The quantitative estimate of drug-likeness (QED) is 0.610. The minimum Gasteiger partial charge on any atom is -0.373 e. The summed E-state index contributed by atoms with van der Waals surface area (Å²) in [6, 6.07) is 0. The van der Waals surface area contributed by atoms with Gasteiger partial charge in [0.1, 0.15) is 0 Å². The van der Waals surface area contributed by atoms with Crippen molar-refractivity contribution in [1.82, 2.24) is 0 Å². The number of ether oxygens (including phenoxy) is 1. The largest absolute Gasteiger partial charge is 0.373 e. The van der Waals surface area contributed by atoms with Crippen LogP contribution < -0.4 is 0 Å². The van der Waals surface area contributed by atoms with E-state index in [2.05, 4.69) is 13.2 Å². The van der Waals surface area contributed by atoms with Crippen LogP contribution in [0.4, 0.5) is 0 Å². The van der Waals surface area contributed by atoms with Gasteiger partial charge in [-0.05, 0) is 24.3 Å². The van der Waals surface area contributed by atoms with Crippen LogP contribution in [0.3, 0.4) is 0 Å². The first-order valence-corrected chi connectivity index (χ1v) is 5.74. The molecule has 0 bridgehead atoms. The molecule has 0 spiro atoms. The molecule has 0 aromatic carbocycles. The van der Waals surface area contributed by atoms with Crippen molar-refractivity contribution in [3.05, 3.63) is 24.8 Å². The minimum absolute atomic E-state index is 0.389. The molecular weight excluding hydrogens is 172 g/mol. The van der Waals surface area contributed by atoms with Crippen LogP contribution in [0.5, 0.6) is 0 Å². The molecule has 1 nitrogen and oxygen atoms in total. The van der Waals surface area contributed by atoms with Crippen molar-refractivity contribution in [2.24, 2.45) is 11.8 Å². The van der Waals surface area contributed by atoms with Crippen LogP contribution in [-0.4, -0.2) is 12.7 Å². The number of rotatable bonds is 2. The maximum atomic E-state index is 5.84. The average Bonchev–Trinajstić information content (AvgIpc) is 2.61. The maximum absolute atomic E-state index is 5.84. The molecule has 14 heavy (non-hydrogen) atoms. The van der Waals surface area contributed by atoms with Gasteiger partial charge in [-0.2, -0.15) is 0 Å². The third-order valence-corrected chi connectivity index (χ3v) is 3.65. The Morgan fingerprint density at radius 1 is 1.21 bits per heavy atom. The SMILES string of the molecule is C=CC1C(=C)COC1C1CCCCC1. The van der Waals surface area contributed by atoms with Gasteiger partial charge in [0.05, 0.1) is 12.7 Å². The fraction of sp³-hybridized carbons (Fsp3) is 0.692. The van der Waals surface area contributed by atoms with Crippen LogP contribution in [0.25, 0.3) is 0 Å². The third-order valence-electron chi connectivity index (χ3n) is 3.65. The van der Waals surface area contributed by atoms with Gasteiger partial charge in [0.2, 0.25) is 0 Å². The molecule has 2 unspecified atom stereocenters. The second kappa shape index (κ2) is 4.31. The second-order valence-electron chi connectivity index (χ2n) is 4.59. The Morgan fingerprint density at radius 3 is 2.57 bits per heavy atom. The lowest BCUT2D eigenvalue weighted by Gasteiger charge is -2.29. The van der Waals surface area contributed by atoms with Gasteiger partial charge >= 0.3 is 0 Å². The standard InChI is InChI=1S/C13H20O/c1-3-12-10(2)9-14-13(12)11-7-5-4-6-8-11/h3,11-13H,1-2,4-9H2. The van der Waals surface area contributed by atoms with Crippen LogP contribution in [0, 0.1) is 11.8 Å². The molecule has 0 aromatic rings. The fourth-order valence-corrected chi connectivity index (χ4v) is 2.83. The summed E-state index contributed by atoms with van der Waals surface area (Å²) in [6.45, 7) is 8.70. The van der Waals surface area contributed by atoms with Crippen molar-refractivity contribution < 1.29 is 4.74 Å². The van der Waals surface area contributed by atoms with Gasteiger partial charge in [-0.15, -0.1) is 6.58 Å². The first kappa shape index (κ1) is 9.97. The van der Waals surface area contributed by atoms with Gasteiger partial charge in [-0.25, -0.2) is 0 Å². The summed E-state index contributed by atoms with van der Waals surface area (Å²) in [5, 5.41) is 0. The third kappa shape index (κ3) is 1.78. The van der Waals surface area contributed by atoms with E-state index in [-0.39, 0.29) is 0 Å². The molecule has 2 atom stereocenters. The zero-order valence-corrected chi connectivity index (χ0v) is 8.87. The summed E-state index contributed by atoms with van der Waals surface area (Å²) in [6.07, 6.45) is 9.24. The van der Waals surface area contributed by atoms with Crippen molar-refractivity contribution in [1.29, 1.82) is 0 Å². The molecule has 78 valence electrons. The van der Waals surface area contributed by atoms with Gasteiger partial charge in [0, 0.05) is 5.92 Å². The van der Waals surface area contributed by atoms with E-state index in [4.69, 9.17) is 4.74 Å². The summed E-state index contributed by atoms with van der Waals surface area (Å²) in [7, 11) is 0. The van der Waals surface area contributed by atoms with Crippen molar-refractivity contribution in [3.8, 4) is 0 Å². The highest BCUT2D eigenvalue weighted by molar-refractivity contribution is 5.16. The summed E-state index contributed by atoms with van der Waals surface area (Å²) in [5.41, 5.74) is 1.22. The highest BCUT2D eigenvalue weighted by atomic mass is 16.5. The lowest BCUT2D eigenvalue weighted by atomic mass is 9.80. The molecule has 1 saturated heterocycles.